The number of fused-ring (bicyclic) bond motifs is 1. The molecule has 8 heteroatoms. The Labute approximate surface area is 173 Å². The summed E-state index contributed by atoms with van der Waals surface area (Å²) >= 11 is 7.75. The Morgan fingerprint density at radius 2 is 2.19 bits per heavy atom. The average molecular weight is 425 g/mol. The zero-order valence-corrected chi connectivity index (χ0v) is 17.3. The molecule has 2 heterocycles. The van der Waals surface area contributed by atoms with E-state index in [1.165, 1.54) is 11.3 Å². The number of nitrogens with zero attached hydrogens (tertiary/aromatic N) is 2. The van der Waals surface area contributed by atoms with Gasteiger partial charge in [0.1, 0.15) is 4.83 Å². The topological polar surface area (TPSA) is 72.9 Å². The highest BCUT2D eigenvalue weighted by Crippen LogP contribution is 2.33. The monoisotopic (exact) mass is 424 g/mol. The second-order valence-corrected chi connectivity index (χ2v) is 8.25. The molecule has 0 radical (unpaired) electrons. The summed E-state index contributed by atoms with van der Waals surface area (Å²) in [6, 6.07) is 9.76. The normalized spacial score (nSPS) is 14.8. The predicted molar refractivity (Wildman–Crippen MR) is 113 cm³/mol. The summed E-state index contributed by atoms with van der Waals surface area (Å²) in [6.45, 7) is 3.03. The highest BCUT2D eigenvalue weighted by atomic mass is 35.5. The third-order valence-corrected chi connectivity index (χ3v) is 6.39. The largest absolute Gasteiger partial charge is 0.347 e. The van der Waals surface area contributed by atoms with Crippen LogP contribution >= 0.6 is 35.3 Å². The van der Waals surface area contributed by atoms with Crippen LogP contribution in [0, 0.1) is 12.8 Å². The van der Waals surface area contributed by atoms with Crippen LogP contribution in [-0.4, -0.2) is 28.3 Å². The molecule has 0 spiro atoms. The van der Waals surface area contributed by atoms with E-state index in [0.717, 1.165) is 39.3 Å². The molecular formula is C19H22Cl2N4OS. The molecule has 0 aliphatic heterocycles. The molecule has 3 N–H and O–H groups in total. The fourth-order valence-corrected chi connectivity index (χ4v) is 4.49. The summed E-state index contributed by atoms with van der Waals surface area (Å²) in [6.07, 6.45) is 2.31. The quantitative estimate of drug-likeness (QED) is 0.627. The molecule has 1 atom stereocenters. The fraction of sp³-hybridized carbons (Fsp3) is 0.368. The number of thiophene rings is 1. The van der Waals surface area contributed by atoms with Gasteiger partial charge in [0, 0.05) is 23.0 Å². The van der Waals surface area contributed by atoms with Gasteiger partial charge in [0.2, 0.25) is 0 Å². The van der Waals surface area contributed by atoms with Crippen LogP contribution < -0.4 is 11.1 Å². The Kier molecular flexibility index (Phi) is 6.11. The van der Waals surface area contributed by atoms with E-state index in [0.29, 0.717) is 23.9 Å². The molecule has 4 rings (SSSR count). The van der Waals surface area contributed by atoms with Crippen LogP contribution in [0.25, 0.3) is 10.2 Å². The Balaban J connectivity index is 0.00000210. The van der Waals surface area contributed by atoms with E-state index in [9.17, 15) is 4.79 Å². The molecule has 0 saturated heterocycles. The Bertz CT molecular complexity index is 964. The molecule has 1 aromatic carbocycles. The number of halogens is 2. The van der Waals surface area contributed by atoms with Gasteiger partial charge in [-0.25, -0.2) is 0 Å². The minimum absolute atomic E-state index is 0. The molecule has 1 amide bonds. The van der Waals surface area contributed by atoms with Gasteiger partial charge in [-0.05, 0) is 43.4 Å². The Morgan fingerprint density at radius 3 is 2.85 bits per heavy atom. The first-order chi connectivity index (χ1) is 12.6. The molecule has 1 unspecified atom stereocenters. The van der Waals surface area contributed by atoms with Crippen LogP contribution in [0.15, 0.2) is 30.3 Å². The van der Waals surface area contributed by atoms with Crippen molar-refractivity contribution in [2.75, 3.05) is 6.54 Å². The fourth-order valence-electron chi connectivity index (χ4n) is 3.23. The van der Waals surface area contributed by atoms with Gasteiger partial charge < -0.3 is 11.1 Å². The molecule has 27 heavy (non-hydrogen) atoms. The van der Waals surface area contributed by atoms with Crippen molar-refractivity contribution in [3.8, 4) is 0 Å². The van der Waals surface area contributed by atoms with E-state index in [-0.39, 0.29) is 24.4 Å². The van der Waals surface area contributed by atoms with Gasteiger partial charge in [0.15, 0.2) is 0 Å². The maximum Gasteiger partial charge on any atom is 0.261 e. The van der Waals surface area contributed by atoms with Crippen molar-refractivity contribution in [2.45, 2.75) is 32.4 Å². The maximum absolute atomic E-state index is 12.6. The van der Waals surface area contributed by atoms with Crippen LogP contribution in [0.2, 0.25) is 5.02 Å². The van der Waals surface area contributed by atoms with Gasteiger partial charge in [-0.15, -0.1) is 23.7 Å². The average Bonchev–Trinajstić information content (AvgIpc) is 3.30. The van der Waals surface area contributed by atoms with Gasteiger partial charge in [-0.1, -0.05) is 29.8 Å². The van der Waals surface area contributed by atoms with Crippen molar-refractivity contribution in [3.05, 3.63) is 51.5 Å². The first-order valence-corrected chi connectivity index (χ1v) is 9.97. The predicted octanol–water partition coefficient (Wildman–Crippen LogP) is 4.00. The lowest BCUT2D eigenvalue weighted by Gasteiger charge is -2.15. The van der Waals surface area contributed by atoms with Crippen molar-refractivity contribution in [3.63, 3.8) is 0 Å². The highest BCUT2D eigenvalue weighted by molar-refractivity contribution is 7.20. The molecule has 1 aliphatic rings. The van der Waals surface area contributed by atoms with Crippen molar-refractivity contribution in [2.24, 2.45) is 11.7 Å². The summed E-state index contributed by atoms with van der Waals surface area (Å²) in [5.41, 5.74) is 7.73. The number of nitrogens with two attached hydrogens (primary N) is 1. The van der Waals surface area contributed by atoms with Crippen molar-refractivity contribution in [1.29, 1.82) is 0 Å². The van der Waals surface area contributed by atoms with Crippen molar-refractivity contribution in [1.82, 2.24) is 15.1 Å². The number of benzene rings is 1. The molecule has 1 fully saturated rings. The van der Waals surface area contributed by atoms with Gasteiger partial charge in [-0.3, -0.25) is 9.48 Å². The standard InChI is InChI=1S/C19H21ClN4OS.ClH/c1-11-14-8-17(18(25)22-16(9-21)12-6-7-12)26-19(14)24(23-11)10-13-4-2-3-5-15(13)20;/h2-5,8,12,16H,6-7,9-10,21H2,1H3,(H,22,25);1H. The van der Waals surface area contributed by atoms with Crippen LogP contribution in [-0.2, 0) is 6.54 Å². The lowest BCUT2D eigenvalue weighted by atomic mass is 10.2. The summed E-state index contributed by atoms with van der Waals surface area (Å²) in [7, 11) is 0. The van der Waals surface area contributed by atoms with Crippen molar-refractivity contribution < 1.29 is 4.79 Å². The first-order valence-electron chi connectivity index (χ1n) is 8.78. The lowest BCUT2D eigenvalue weighted by molar-refractivity contribution is 0.0937. The van der Waals surface area contributed by atoms with E-state index < -0.39 is 0 Å². The van der Waals surface area contributed by atoms with E-state index in [4.69, 9.17) is 17.3 Å². The summed E-state index contributed by atoms with van der Waals surface area (Å²) in [4.78, 5) is 14.3. The Morgan fingerprint density at radius 1 is 1.44 bits per heavy atom. The van der Waals surface area contributed by atoms with E-state index >= 15 is 0 Å². The minimum atomic E-state index is -0.0442. The number of hydrogen-bond acceptors (Lipinski definition) is 4. The molecule has 1 aliphatic carbocycles. The van der Waals surface area contributed by atoms with E-state index in [1.807, 2.05) is 41.9 Å². The Hall–Kier alpha value is -1.60. The summed E-state index contributed by atoms with van der Waals surface area (Å²) in [5, 5.41) is 9.45. The number of aromatic nitrogens is 2. The third kappa shape index (κ3) is 4.14. The van der Waals surface area contributed by atoms with Gasteiger partial charge >= 0.3 is 0 Å². The number of nitrogens with one attached hydrogen (secondary N) is 1. The molecule has 1 saturated carbocycles. The van der Waals surface area contributed by atoms with E-state index in [2.05, 4.69) is 10.4 Å². The smallest absolute Gasteiger partial charge is 0.261 e. The number of rotatable bonds is 6. The van der Waals surface area contributed by atoms with Crippen molar-refractivity contribution >= 4 is 51.5 Å². The first kappa shape index (κ1) is 20.1. The van der Waals surface area contributed by atoms with Crippen LogP contribution in [0.5, 0.6) is 0 Å². The van der Waals surface area contributed by atoms with Gasteiger partial charge in [0.05, 0.1) is 17.1 Å². The molecule has 5 nitrogen and oxygen atoms in total. The second kappa shape index (κ2) is 8.19. The molecule has 144 valence electrons. The molecule has 2 aromatic heterocycles. The highest BCUT2D eigenvalue weighted by Gasteiger charge is 2.31. The van der Waals surface area contributed by atoms with Crippen LogP contribution in [0.1, 0.15) is 33.8 Å². The maximum atomic E-state index is 12.6. The van der Waals surface area contributed by atoms with E-state index in [1.54, 1.807) is 0 Å². The number of amides is 1. The van der Waals surface area contributed by atoms with Crippen LogP contribution in [0.4, 0.5) is 0 Å². The zero-order valence-electron chi connectivity index (χ0n) is 14.9. The number of hydrogen-bond donors (Lipinski definition) is 2. The lowest BCUT2D eigenvalue weighted by Crippen LogP contribution is -2.41. The zero-order chi connectivity index (χ0) is 18.3. The third-order valence-electron chi connectivity index (χ3n) is 4.87. The minimum Gasteiger partial charge on any atom is -0.347 e. The van der Waals surface area contributed by atoms with Crippen LogP contribution in [0.3, 0.4) is 0 Å². The van der Waals surface area contributed by atoms with Gasteiger partial charge in [-0.2, -0.15) is 5.10 Å². The molecular weight excluding hydrogens is 403 g/mol. The summed E-state index contributed by atoms with van der Waals surface area (Å²) in [5.74, 6) is 0.494. The SMILES string of the molecule is Cc1nn(Cc2ccccc2Cl)c2sc(C(=O)NC(CN)C3CC3)cc12.Cl. The number of aryl methyl sites for hydroxylation is 1. The molecule has 3 aromatic rings. The van der Waals surface area contributed by atoms with Gasteiger partial charge in [0.25, 0.3) is 5.91 Å². The molecule has 0 bridgehead atoms. The number of carbonyl (C=O) groups is 1. The summed E-state index contributed by atoms with van der Waals surface area (Å²) < 4.78 is 1.93. The number of carbonyl (C=O) groups excluding carboxylic acids is 1. The second-order valence-electron chi connectivity index (χ2n) is 6.82.